The van der Waals surface area contributed by atoms with Crippen LogP contribution >= 0.6 is 0 Å². The van der Waals surface area contributed by atoms with Crippen LogP contribution in [0.3, 0.4) is 0 Å². The van der Waals surface area contributed by atoms with Crippen molar-refractivity contribution in [3.8, 4) is 0 Å². The summed E-state index contributed by atoms with van der Waals surface area (Å²) in [4.78, 5) is 13.8. The van der Waals surface area contributed by atoms with E-state index in [0.29, 0.717) is 24.8 Å². The summed E-state index contributed by atoms with van der Waals surface area (Å²) in [7, 11) is 1.85. The van der Waals surface area contributed by atoms with Crippen LogP contribution in [0, 0.1) is 11.8 Å². The van der Waals surface area contributed by atoms with Crippen LogP contribution in [0.15, 0.2) is 0 Å². The predicted octanol–water partition coefficient (Wildman–Crippen LogP) is 1.62. The number of nitrogens with zero attached hydrogens (tertiary/aromatic N) is 1. The minimum atomic E-state index is 0.190. The fraction of sp³-hybridized carbons (Fsp3) is 0.929. The van der Waals surface area contributed by atoms with Crippen molar-refractivity contribution in [2.45, 2.75) is 46.0 Å². The summed E-state index contributed by atoms with van der Waals surface area (Å²) in [5.74, 6) is 1.08. The van der Waals surface area contributed by atoms with Gasteiger partial charge in [0.1, 0.15) is 0 Å². The summed E-state index contributed by atoms with van der Waals surface area (Å²) in [5, 5.41) is 8.68. The highest BCUT2D eigenvalue weighted by Gasteiger charge is 2.16. The number of carbonyl (C=O) groups excluding carboxylic acids is 1. The second-order valence-corrected chi connectivity index (χ2v) is 5.53. The molecular weight excluding hydrogens is 228 g/mol. The minimum absolute atomic E-state index is 0.190. The van der Waals surface area contributed by atoms with Crippen LogP contribution in [-0.4, -0.2) is 42.7 Å². The lowest BCUT2D eigenvalue weighted by Gasteiger charge is -2.21. The van der Waals surface area contributed by atoms with Crippen molar-refractivity contribution in [3.63, 3.8) is 0 Å². The molecule has 18 heavy (non-hydrogen) atoms. The highest BCUT2D eigenvalue weighted by atomic mass is 16.2. The Labute approximate surface area is 112 Å². The molecule has 0 aliphatic carbocycles. The van der Waals surface area contributed by atoms with Crippen molar-refractivity contribution in [1.82, 2.24) is 4.90 Å². The fourth-order valence-electron chi connectivity index (χ4n) is 2.09. The molecule has 0 unspecified atom stereocenters. The van der Waals surface area contributed by atoms with E-state index in [1.165, 1.54) is 0 Å². The SMILES string of the molecule is CC(C)C[C@H](CN)CC(=O)N(C)CCCCCO. The van der Waals surface area contributed by atoms with Crippen LogP contribution in [0.4, 0.5) is 0 Å². The van der Waals surface area contributed by atoms with Gasteiger partial charge in [0.2, 0.25) is 5.91 Å². The van der Waals surface area contributed by atoms with Gasteiger partial charge in [0.05, 0.1) is 0 Å². The summed E-state index contributed by atoms with van der Waals surface area (Å²) in [6.45, 7) is 5.92. The summed E-state index contributed by atoms with van der Waals surface area (Å²) in [6.07, 6.45) is 4.33. The Bertz CT molecular complexity index is 220. The topological polar surface area (TPSA) is 66.6 Å². The van der Waals surface area contributed by atoms with Crippen LogP contribution in [-0.2, 0) is 4.79 Å². The van der Waals surface area contributed by atoms with Gasteiger partial charge in [-0.05, 0) is 44.1 Å². The Morgan fingerprint density at radius 3 is 2.44 bits per heavy atom. The molecule has 0 aliphatic rings. The Morgan fingerprint density at radius 1 is 1.28 bits per heavy atom. The van der Waals surface area contributed by atoms with Crippen molar-refractivity contribution in [3.05, 3.63) is 0 Å². The fourth-order valence-corrected chi connectivity index (χ4v) is 2.09. The molecule has 0 bridgehead atoms. The molecule has 0 saturated carbocycles. The summed E-state index contributed by atoms with van der Waals surface area (Å²) >= 11 is 0. The summed E-state index contributed by atoms with van der Waals surface area (Å²) in [6, 6.07) is 0. The monoisotopic (exact) mass is 258 g/mol. The zero-order chi connectivity index (χ0) is 14.0. The molecule has 0 rings (SSSR count). The van der Waals surface area contributed by atoms with E-state index >= 15 is 0 Å². The maximum absolute atomic E-state index is 12.0. The summed E-state index contributed by atoms with van der Waals surface area (Å²) < 4.78 is 0. The van der Waals surface area contributed by atoms with Crippen molar-refractivity contribution < 1.29 is 9.90 Å². The number of hydrogen-bond acceptors (Lipinski definition) is 3. The van der Waals surface area contributed by atoms with Crippen molar-refractivity contribution in [2.75, 3.05) is 26.7 Å². The van der Waals surface area contributed by atoms with Crippen LogP contribution < -0.4 is 5.73 Å². The maximum Gasteiger partial charge on any atom is 0.222 e. The Morgan fingerprint density at radius 2 is 1.94 bits per heavy atom. The van der Waals surface area contributed by atoms with Crippen molar-refractivity contribution in [2.24, 2.45) is 17.6 Å². The molecule has 0 saturated heterocycles. The van der Waals surface area contributed by atoms with E-state index < -0.39 is 0 Å². The average Bonchev–Trinajstić information content (AvgIpc) is 2.32. The van der Waals surface area contributed by atoms with Gasteiger partial charge >= 0.3 is 0 Å². The first-order valence-electron chi connectivity index (χ1n) is 7.06. The van der Waals surface area contributed by atoms with Crippen molar-refractivity contribution >= 4 is 5.91 Å². The number of rotatable bonds is 10. The number of amides is 1. The lowest BCUT2D eigenvalue weighted by Crippen LogP contribution is -2.31. The molecule has 0 fully saturated rings. The van der Waals surface area contributed by atoms with Gasteiger partial charge in [0, 0.05) is 26.6 Å². The highest BCUT2D eigenvalue weighted by Crippen LogP contribution is 2.15. The van der Waals surface area contributed by atoms with E-state index in [1.54, 1.807) is 4.90 Å². The Kier molecular flexibility index (Phi) is 9.98. The number of aliphatic hydroxyl groups is 1. The first kappa shape index (κ1) is 17.4. The molecule has 0 aliphatic heterocycles. The molecule has 0 spiro atoms. The molecule has 108 valence electrons. The second kappa shape index (κ2) is 10.3. The van der Waals surface area contributed by atoms with Gasteiger partial charge < -0.3 is 15.7 Å². The minimum Gasteiger partial charge on any atom is -0.396 e. The smallest absolute Gasteiger partial charge is 0.222 e. The molecule has 1 amide bonds. The van der Waals surface area contributed by atoms with E-state index in [1.807, 2.05) is 7.05 Å². The first-order valence-corrected chi connectivity index (χ1v) is 7.06. The number of carbonyl (C=O) groups is 1. The maximum atomic E-state index is 12.0. The van der Waals surface area contributed by atoms with Crippen LogP contribution in [0.2, 0.25) is 0 Å². The van der Waals surface area contributed by atoms with Gasteiger partial charge in [0.15, 0.2) is 0 Å². The number of aliphatic hydroxyl groups excluding tert-OH is 1. The van der Waals surface area contributed by atoms with Crippen LogP contribution in [0.25, 0.3) is 0 Å². The van der Waals surface area contributed by atoms with Crippen LogP contribution in [0.1, 0.15) is 46.0 Å². The zero-order valence-electron chi connectivity index (χ0n) is 12.2. The third-order valence-electron chi connectivity index (χ3n) is 3.18. The Balaban J connectivity index is 3.89. The summed E-state index contributed by atoms with van der Waals surface area (Å²) in [5.41, 5.74) is 5.71. The Hall–Kier alpha value is -0.610. The van der Waals surface area contributed by atoms with Gasteiger partial charge in [0.25, 0.3) is 0 Å². The van der Waals surface area contributed by atoms with Crippen molar-refractivity contribution in [1.29, 1.82) is 0 Å². The molecule has 3 N–H and O–H groups in total. The molecule has 1 atom stereocenters. The van der Waals surface area contributed by atoms with Gasteiger partial charge in [-0.2, -0.15) is 0 Å². The van der Waals surface area contributed by atoms with Gasteiger partial charge in [-0.1, -0.05) is 13.8 Å². The number of unbranched alkanes of at least 4 members (excludes halogenated alkanes) is 2. The molecular formula is C14H30N2O2. The predicted molar refractivity (Wildman–Crippen MR) is 75.2 cm³/mol. The van der Waals surface area contributed by atoms with Crippen LogP contribution in [0.5, 0.6) is 0 Å². The molecule has 0 heterocycles. The van der Waals surface area contributed by atoms with E-state index in [2.05, 4.69) is 13.8 Å². The molecule has 0 aromatic carbocycles. The molecule has 4 nitrogen and oxygen atoms in total. The molecule has 0 aromatic heterocycles. The van der Waals surface area contributed by atoms with E-state index in [0.717, 1.165) is 32.2 Å². The zero-order valence-corrected chi connectivity index (χ0v) is 12.2. The van der Waals surface area contributed by atoms with E-state index in [-0.39, 0.29) is 12.5 Å². The molecule has 4 heteroatoms. The standard InChI is InChI=1S/C14H30N2O2/c1-12(2)9-13(11-15)10-14(18)16(3)7-5-4-6-8-17/h12-13,17H,4-11,15H2,1-3H3/t13-/m0/s1. The number of hydrogen-bond donors (Lipinski definition) is 2. The highest BCUT2D eigenvalue weighted by molar-refractivity contribution is 5.76. The molecule has 0 aromatic rings. The number of nitrogens with two attached hydrogens (primary N) is 1. The van der Waals surface area contributed by atoms with E-state index in [4.69, 9.17) is 10.8 Å². The van der Waals surface area contributed by atoms with E-state index in [9.17, 15) is 4.79 Å². The normalized spacial score (nSPS) is 12.8. The third kappa shape index (κ3) is 8.48. The second-order valence-electron chi connectivity index (χ2n) is 5.53. The van der Waals surface area contributed by atoms with Gasteiger partial charge in [-0.25, -0.2) is 0 Å². The molecule has 0 radical (unpaired) electrons. The lowest BCUT2D eigenvalue weighted by molar-refractivity contribution is -0.131. The largest absolute Gasteiger partial charge is 0.396 e. The first-order chi connectivity index (χ1) is 8.51. The quantitative estimate of drug-likeness (QED) is 0.585. The average molecular weight is 258 g/mol. The van der Waals surface area contributed by atoms with Gasteiger partial charge in [-0.15, -0.1) is 0 Å². The third-order valence-corrected chi connectivity index (χ3v) is 3.18. The lowest BCUT2D eigenvalue weighted by atomic mass is 9.94. The van der Waals surface area contributed by atoms with Gasteiger partial charge in [-0.3, -0.25) is 4.79 Å².